The largest absolute Gasteiger partial charge is 0.503 e. The second kappa shape index (κ2) is 4.05. The smallest absolute Gasteiger partial charge is 0.292 e. The van der Waals surface area contributed by atoms with Crippen LogP contribution in [0.15, 0.2) is 42.2 Å². The molecule has 1 aromatic rings. The number of amides is 2. The van der Waals surface area contributed by atoms with Gasteiger partial charge in [0.05, 0.1) is 5.41 Å². The number of hydrogen-bond acceptors (Lipinski definition) is 3. The summed E-state index contributed by atoms with van der Waals surface area (Å²) < 4.78 is 0. The van der Waals surface area contributed by atoms with Crippen LogP contribution in [0.5, 0.6) is 0 Å². The summed E-state index contributed by atoms with van der Waals surface area (Å²) in [5.74, 6) is -1.54. The zero-order valence-electron chi connectivity index (χ0n) is 9.43. The van der Waals surface area contributed by atoms with Crippen LogP contribution in [0.2, 0.25) is 0 Å². The number of nitrogens with one attached hydrogen (secondary N) is 1. The first-order valence-corrected chi connectivity index (χ1v) is 5.43. The predicted molar refractivity (Wildman–Crippen MR) is 62.3 cm³/mol. The van der Waals surface area contributed by atoms with Crippen molar-refractivity contribution >= 4 is 11.8 Å². The Hall–Kier alpha value is -2.10. The molecule has 0 saturated carbocycles. The zero-order chi connectivity index (χ0) is 12.5. The standard InChI is InChI=1S/C13H13NO3/c1-2-13(9-6-4-3-5-7-9)8-10(15)11(16)14-12(13)17/h3-8,15H,2H2,1H3,(H,14,16,17)/t13-/m1/s1. The molecule has 88 valence electrons. The van der Waals surface area contributed by atoms with Crippen molar-refractivity contribution in [2.45, 2.75) is 18.8 Å². The van der Waals surface area contributed by atoms with Gasteiger partial charge in [0, 0.05) is 0 Å². The molecule has 0 aromatic heterocycles. The molecule has 0 saturated heterocycles. The summed E-state index contributed by atoms with van der Waals surface area (Å²) in [6, 6.07) is 9.11. The van der Waals surface area contributed by atoms with Gasteiger partial charge < -0.3 is 5.11 Å². The Morgan fingerprint density at radius 1 is 1.24 bits per heavy atom. The maximum atomic E-state index is 12.0. The van der Waals surface area contributed by atoms with Crippen LogP contribution < -0.4 is 5.32 Å². The summed E-state index contributed by atoms with van der Waals surface area (Å²) in [6.07, 6.45) is 1.81. The highest BCUT2D eigenvalue weighted by Gasteiger charge is 2.42. The van der Waals surface area contributed by atoms with Gasteiger partial charge in [0.25, 0.3) is 5.91 Å². The lowest BCUT2D eigenvalue weighted by molar-refractivity contribution is -0.134. The van der Waals surface area contributed by atoms with E-state index in [4.69, 9.17) is 0 Å². The zero-order valence-corrected chi connectivity index (χ0v) is 9.43. The molecule has 2 N–H and O–H groups in total. The van der Waals surface area contributed by atoms with Crippen molar-refractivity contribution in [2.24, 2.45) is 0 Å². The van der Waals surface area contributed by atoms with Crippen LogP contribution >= 0.6 is 0 Å². The molecule has 2 amide bonds. The van der Waals surface area contributed by atoms with Crippen LogP contribution in [0, 0.1) is 0 Å². The van der Waals surface area contributed by atoms with Crippen LogP contribution in [0.4, 0.5) is 0 Å². The maximum absolute atomic E-state index is 12.0. The van der Waals surface area contributed by atoms with Gasteiger partial charge in [-0.1, -0.05) is 37.3 Å². The van der Waals surface area contributed by atoms with E-state index in [9.17, 15) is 14.7 Å². The quantitative estimate of drug-likeness (QED) is 0.757. The Morgan fingerprint density at radius 2 is 1.88 bits per heavy atom. The molecule has 2 rings (SSSR count). The maximum Gasteiger partial charge on any atom is 0.292 e. The highest BCUT2D eigenvalue weighted by molar-refractivity contribution is 6.10. The minimum Gasteiger partial charge on any atom is -0.503 e. The highest BCUT2D eigenvalue weighted by Crippen LogP contribution is 2.32. The van der Waals surface area contributed by atoms with E-state index in [0.717, 1.165) is 5.56 Å². The molecule has 1 aliphatic heterocycles. The van der Waals surface area contributed by atoms with Crippen molar-refractivity contribution in [3.8, 4) is 0 Å². The number of carbonyl (C=O) groups is 2. The summed E-state index contributed by atoms with van der Waals surface area (Å²) in [5, 5.41) is 11.7. The minimum atomic E-state index is -0.959. The van der Waals surface area contributed by atoms with Crippen molar-refractivity contribution in [3.05, 3.63) is 47.7 Å². The summed E-state index contributed by atoms with van der Waals surface area (Å²) in [6.45, 7) is 1.84. The van der Waals surface area contributed by atoms with E-state index in [2.05, 4.69) is 5.32 Å². The van der Waals surface area contributed by atoms with E-state index in [0.29, 0.717) is 6.42 Å². The lowest BCUT2D eigenvalue weighted by atomic mass is 9.75. The molecular weight excluding hydrogens is 218 g/mol. The van der Waals surface area contributed by atoms with E-state index in [1.54, 1.807) is 0 Å². The summed E-state index contributed by atoms with van der Waals surface area (Å²) in [5.41, 5.74) is -0.196. The number of carbonyl (C=O) groups excluding carboxylic acids is 2. The Kier molecular flexibility index (Phi) is 2.71. The normalized spacial score (nSPS) is 24.2. The summed E-state index contributed by atoms with van der Waals surface area (Å²) in [7, 11) is 0. The average Bonchev–Trinajstić information content (AvgIpc) is 2.35. The third-order valence-electron chi connectivity index (χ3n) is 3.09. The molecule has 4 nitrogen and oxygen atoms in total. The van der Waals surface area contributed by atoms with Gasteiger partial charge in [-0.3, -0.25) is 14.9 Å². The first kappa shape index (κ1) is 11.4. The Labute approximate surface area is 99.0 Å². The van der Waals surface area contributed by atoms with Crippen LogP contribution in [0.3, 0.4) is 0 Å². The number of benzene rings is 1. The fourth-order valence-corrected chi connectivity index (χ4v) is 2.06. The lowest BCUT2D eigenvalue weighted by Crippen LogP contribution is -2.50. The first-order valence-electron chi connectivity index (χ1n) is 5.43. The number of rotatable bonds is 2. The van der Waals surface area contributed by atoms with Crippen molar-refractivity contribution in [3.63, 3.8) is 0 Å². The Bertz CT molecular complexity index is 493. The molecule has 0 spiro atoms. The van der Waals surface area contributed by atoms with Crippen molar-refractivity contribution < 1.29 is 14.7 Å². The van der Waals surface area contributed by atoms with Crippen LogP contribution in [0.1, 0.15) is 18.9 Å². The second-order valence-corrected chi connectivity index (χ2v) is 4.00. The molecule has 17 heavy (non-hydrogen) atoms. The van der Waals surface area contributed by atoms with Gasteiger partial charge in [0.15, 0.2) is 5.76 Å². The van der Waals surface area contributed by atoms with Gasteiger partial charge in [-0.2, -0.15) is 0 Å². The van der Waals surface area contributed by atoms with Crippen LogP contribution in [-0.2, 0) is 15.0 Å². The third kappa shape index (κ3) is 1.71. The van der Waals surface area contributed by atoms with Crippen molar-refractivity contribution in [2.75, 3.05) is 0 Å². The Balaban J connectivity index is 2.59. The molecule has 0 fully saturated rings. The minimum absolute atomic E-state index is 0.394. The molecule has 0 radical (unpaired) electrons. The SMILES string of the molecule is CC[C@]1(c2ccccc2)C=C(O)C(=O)NC1=O. The number of imide groups is 1. The van der Waals surface area contributed by atoms with E-state index in [-0.39, 0.29) is 0 Å². The molecule has 1 heterocycles. The van der Waals surface area contributed by atoms with Crippen LogP contribution in [0.25, 0.3) is 0 Å². The molecule has 1 atom stereocenters. The van der Waals surface area contributed by atoms with E-state index in [1.807, 2.05) is 37.3 Å². The van der Waals surface area contributed by atoms with Crippen molar-refractivity contribution in [1.29, 1.82) is 0 Å². The fraction of sp³-hybridized carbons (Fsp3) is 0.231. The molecule has 0 unspecified atom stereocenters. The van der Waals surface area contributed by atoms with E-state index in [1.165, 1.54) is 6.08 Å². The number of aliphatic hydroxyl groups excluding tert-OH is 1. The third-order valence-corrected chi connectivity index (χ3v) is 3.09. The van der Waals surface area contributed by atoms with Gasteiger partial charge in [0.1, 0.15) is 0 Å². The van der Waals surface area contributed by atoms with Gasteiger partial charge in [-0.25, -0.2) is 0 Å². The number of hydrogen-bond donors (Lipinski definition) is 2. The molecule has 0 bridgehead atoms. The van der Waals surface area contributed by atoms with Crippen molar-refractivity contribution in [1.82, 2.24) is 5.32 Å². The van der Waals surface area contributed by atoms with Gasteiger partial charge in [-0.05, 0) is 18.1 Å². The fourth-order valence-electron chi connectivity index (χ4n) is 2.06. The second-order valence-electron chi connectivity index (χ2n) is 4.00. The van der Waals surface area contributed by atoms with Gasteiger partial charge in [-0.15, -0.1) is 0 Å². The van der Waals surface area contributed by atoms with E-state index < -0.39 is 23.0 Å². The molecule has 0 aliphatic carbocycles. The number of aliphatic hydroxyl groups is 1. The predicted octanol–water partition coefficient (Wildman–Crippen LogP) is 1.43. The van der Waals surface area contributed by atoms with E-state index >= 15 is 0 Å². The first-order chi connectivity index (χ1) is 8.10. The summed E-state index contributed by atoms with van der Waals surface area (Å²) >= 11 is 0. The molecule has 1 aromatic carbocycles. The Morgan fingerprint density at radius 3 is 2.47 bits per heavy atom. The average molecular weight is 231 g/mol. The molecule has 1 aliphatic rings. The highest BCUT2D eigenvalue weighted by atomic mass is 16.3. The van der Waals surface area contributed by atoms with Gasteiger partial charge in [0.2, 0.25) is 5.91 Å². The topological polar surface area (TPSA) is 66.4 Å². The van der Waals surface area contributed by atoms with Crippen LogP contribution in [-0.4, -0.2) is 16.9 Å². The monoisotopic (exact) mass is 231 g/mol. The van der Waals surface area contributed by atoms with Gasteiger partial charge >= 0.3 is 0 Å². The molecular formula is C13H13NO3. The summed E-state index contributed by atoms with van der Waals surface area (Å²) in [4.78, 5) is 23.2. The lowest BCUT2D eigenvalue weighted by Gasteiger charge is -2.31. The molecule has 4 heteroatoms.